The van der Waals surface area contributed by atoms with Gasteiger partial charge in [-0.05, 0) is 96.7 Å². The highest BCUT2D eigenvalue weighted by atomic mass is 16.5. The van der Waals surface area contributed by atoms with Crippen LogP contribution < -0.4 is 0 Å². The number of unbranched alkanes of at least 4 members (excludes halogenated alkanes) is 24. The van der Waals surface area contributed by atoms with Crippen LogP contribution in [0, 0.1) is 0 Å². The van der Waals surface area contributed by atoms with Crippen molar-refractivity contribution in [3.05, 3.63) is 24.3 Å². The van der Waals surface area contributed by atoms with Gasteiger partial charge in [-0.15, -0.1) is 0 Å². The van der Waals surface area contributed by atoms with E-state index >= 15 is 0 Å². The predicted octanol–water partition coefficient (Wildman–Crippen LogP) is 14.6. The van der Waals surface area contributed by atoms with Crippen molar-refractivity contribution in [1.29, 1.82) is 0 Å². The fourth-order valence-electron chi connectivity index (χ4n) is 6.56. The molecule has 0 aromatic rings. The first-order valence-corrected chi connectivity index (χ1v) is 22.0. The summed E-state index contributed by atoms with van der Waals surface area (Å²) < 4.78 is 12.5. The average Bonchev–Trinajstić information content (AvgIpc) is 3.10. The lowest BCUT2D eigenvalue weighted by Crippen LogP contribution is -2.27. The van der Waals surface area contributed by atoms with E-state index in [9.17, 15) is 0 Å². The predicted molar refractivity (Wildman–Crippen MR) is 216 cm³/mol. The third-order valence-corrected chi connectivity index (χ3v) is 10.0. The SMILES string of the molecule is CCCCCCCC/C=C\CCCCCCCCOCC(CCCN(CC)CC)OCCCCCCCC/C=C\CCCCCCCC. The zero-order valence-electron chi connectivity index (χ0n) is 33.6. The topological polar surface area (TPSA) is 21.7 Å². The molecule has 1 atom stereocenters. The lowest BCUT2D eigenvalue weighted by Gasteiger charge is -2.21. The Kier molecular flexibility index (Phi) is 42.0. The molecule has 0 N–H and O–H groups in total. The smallest absolute Gasteiger partial charge is 0.0808 e. The molecular formula is C45H89NO2. The number of hydrogen-bond acceptors (Lipinski definition) is 3. The van der Waals surface area contributed by atoms with E-state index in [0.29, 0.717) is 0 Å². The normalized spacial score (nSPS) is 12.8. The van der Waals surface area contributed by atoms with E-state index in [2.05, 4.69) is 56.9 Å². The van der Waals surface area contributed by atoms with Gasteiger partial charge in [-0.3, -0.25) is 0 Å². The lowest BCUT2D eigenvalue weighted by atomic mass is 10.1. The minimum Gasteiger partial charge on any atom is -0.379 e. The summed E-state index contributed by atoms with van der Waals surface area (Å²) in [6.45, 7) is 15.1. The van der Waals surface area contributed by atoms with Crippen LogP contribution in [0.3, 0.4) is 0 Å². The van der Waals surface area contributed by atoms with Crippen LogP contribution in [0.2, 0.25) is 0 Å². The van der Waals surface area contributed by atoms with Crippen LogP contribution in [0.15, 0.2) is 24.3 Å². The first-order chi connectivity index (χ1) is 23.8. The summed E-state index contributed by atoms with van der Waals surface area (Å²) in [7, 11) is 0. The quantitative estimate of drug-likeness (QED) is 0.0475. The second kappa shape index (κ2) is 42.5. The zero-order valence-corrected chi connectivity index (χ0v) is 33.6. The number of rotatable bonds is 41. The molecule has 0 radical (unpaired) electrons. The molecule has 286 valence electrons. The van der Waals surface area contributed by atoms with E-state index in [1.807, 2.05) is 0 Å². The van der Waals surface area contributed by atoms with Gasteiger partial charge in [-0.1, -0.05) is 168 Å². The van der Waals surface area contributed by atoms with Crippen LogP contribution in [0.25, 0.3) is 0 Å². The van der Waals surface area contributed by atoms with E-state index in [-0.39, 0.29) is 6.10 Å². The molecule has 3 nitrogen and oxygen atoms in total. The van der Waals surface area contributed by atoms with Crippen LogP contribution >= 0.6 is 0 Å². The minimum atomic E-state index is 0.262. The molecule has 1 unspecified atom stereocenters. The second-order valence-electron chi connectivity index (χ2n) is 14.6. The molecule has 0 fully saturated rings. The van der Waals surface area contributed by atoms with Crippen molar-refractivity contribution in [1.82, 2.24) is 4.90 Å². The van der Waals surface area contributed by atoms with Crippen LogP contribution in [-0.2, 0) is 9.47 Å². The second-order valence-corrected chi connectivity index (χ2v) is 14.6. The third-order valence-electron chi connectivity index (χ3n) is 10.0. The third kappa shape index (κ3) is 38.2. The van der Waals surface area contributed by atoms with Gasteiger partial charge in [0.1, 0.15) is 0 Å². The van der Waals surface area contributed by atoms with E-state index in [0.717, 1.165) is 39.3 Å². The maximum Gasteiger partial charge on any atom is 0.0808 e. The summed E-state index contributed by atoms with van der Waals surface area (Å²) in [5.74, 6) is 0. The molecule has 0 aromatic carbocycles. The molecule has 0 saturated carbocycles. The Morgan fingerprint density at radius 1 is 0.417 bits per heavy atom. The van der Waals surface area contributed by atoms with Crippen molar-refractivity contribution >= 4 is 0 Å². The van der Waals surface area contributed by atoms with Gasteiger partial charge in [-0.25, -0.2) is 0 Å². The van der Waals surface area contributed by atoms with Crippen molar-refractivity contribution in [3.8, 4) is 0 Å². The molecule has 0 aliphatic heterocycles. The van der Waals surface area contributed by atoms with Crippen molar-refractivity contribution < 1.29 is 9.47 Å². The average molecular weight is 676 g/mol. The number of ether oxygens (including phenoxy) is 2. The van der Waals surface area contributed by atoms with Crippen molar-refractivity contribution in [3.63, 3.8) is 0 Å². The first-order valence-electron chi connectivity index (χ1n) is 22.0. The highest BCUT2D eigenvalue weighted by Gasteiger charge is 2.11. The Bertz CT molecular complexity index is 628. The van der Waals surface area contributed by atoms with Gasteiger partial charge in [0.2, 0.25) is 0 Å². The van der Waals surface area contributed by atoms with Crippen LogP contribution in [0.5, 0.6) is 0 Å². The number of nitrogens with zero attached hydrogens (tertiary/aromatic N) is 1. The molecule has 0 amide bonds. The molecular weight excluding hydrogens is 587 g/mol. The Morgan fingerprint density at radius 3 is 1.21 bits per heavy atom. The fourth-order valence-corrected chi connectivity index (χ4v) is 6.56. The molecule has 0 rings (SSSR count). The van der Waals surface area contributed by atoms with E-state index in [4.69, 9.17) is 9.47 Å². The van der Waals surface area contributed by atoms with Gasteiger partial charge in [0, 0.05) is 13.2 Å². The van der Waals surface area contributed by atoms with Crippen molar-refractivity contribution in [2.75, 3.05) is 39.5 Å². The molecule has 0 saturated heterocycles. The van der Waals surface area contributed by atoms with Crippen LogP contribution in [0.1, 0.15) is 220 Å². The van der Waals surface area contributed by atoms with E-state index in [1.54, 1.807) is 0 Å². The summed E-state index contributed by atoms with van der Waals surface area (Å²) in [5.41, 5.74) is 0. The molecule has 0 aliphatic rings. The molecule has 0 aromatic heterocycles. The minimum absolute atomic E-state index is 0.262. The molecule has 0 bridgehead atoms. The molecule has 3 heteroatoms. The van der Waals surface area contributed by atoms with Crippen molar-refractivity contribution in [2.24, 2.45) is 0 Å². The van der Waals surface area contributed by atoms with Crippen LogP contribution in [-0.4, -0.2) is 50.5 Å². The summed E-state index contributed by atoms with van der Waals surface area (Å²) in [6.07, 6.45) is 50.1. The zero-order chi connectivity index (χ0) is 34.9. The monoisotopic (exact) mass is 676 g/mol. The Balaban J connectivity index is 3.82. The van der Waals surface area contributed by atoms with Gasteiger partial charge in [0.25, 0.3) is 0 Å². The van der Waals surface area contributed by atoms with Gasteiger partial charge < -0.3 is 14.4 Å². The number of hydrogen-bond donors (Lipinski definition) is 0. The van der Waals surface area contributed by atoms with Gasteiger partial charge >= 0.3 is 0 Å². The molecule has 0 heterocycles. The van der Waals surface area contributed by atoms with Gasteiger partial charge in [-0.2, -0.15) is 0 Å². The molecule has 0 spiro atoms. The summed E-state index contributed by atoms with van der Waals surface area (Å²) in [5, 5.41) is 0. The Hall–Kier alpha value is -0.640. The molecule has 0 aliphatic carbocycles. The van der Waals surface area contributed by atoms with E-state index < -0.39 is 0 Å². The maximum absolute atomic E-state index is 6.39. The lowest BCUT2D eigenvalue weighted by molar-refractivity contribution is -0.0241. The summed E-state index contributed by atoms with van der Waals surface area (Å²) in [6, 6.07) is 0. The van der Waals surface area contributed by atoms with Gasteiger partial charge in [0.15, 0.2) is 0 Å². The standard InChI is InChI=1S/C45H89NO2/c1-5-9-11-13-15-17-19-21-23-25-27-29-31-33-35-37-42-47-44-45(40-39-41-46(7-3)8-4)48-43-38-36-34-32-30-28-26-24-22-20-18-16-14-12-10-6-2/h21-24,45H,5-20,25-44H2,1-4H3/b23-21-,24-22-. The van der Waals surface area contributed by atoms with Crippen molar-refractivity contribution in [2.45, 2.75) is 226 Å². The summed E-state index contributed by atoms with van der Waals surface area (Å²) in [4.78, 5) is 2.52. The first kappa shape index (κ1) is 47.4. The van der Waals surface area contributed by atoms with E-state index in [1.165, 1.54) is 193 Å². The Morgan fingerprint density at radius 2 is 0.792 bits per heavy atom. The number of allylic oxidation sites excluding steroid dienone is 4. The summed E-state index contributed by atoms with van der Waals surface area (Å²) >= 11 is 0. The Labute approximate surface area is 303 Å². The largest absolute Gasteiger partial charge is 0.379 e. The fraction of sp³-hybridized carbons (Fsp3) is 0.911. The highest BCUT2D eigenvalue weighted by Crippen LogP contribution is 2.13. The van der Waals surface area contributed by atoms with Crippen LogP contribution in [0.4, 0.5) is 0 Å². The molecule has 48 heavy (non-hydrogen) atoms. The highest BCUT2D eigenvalue weighted by molar-refractivity contribution is 4.82. The van der Waals surface area contributed by atoms with Gasteiger partial charge in [0.05, 0.1) is 12.7 Å². The maximum atomic E-state index is 6.39.